The third-order valence-corrected chi connectivity index (χ3v) is 5.31. The first-order valence-electron chi connectivity index (χ1n) is 9.31. The van der Waals surface area contributed by atoms with E-state index in [1.807, 2.05) is 57.2 Å². The molecule has 8 heteroatoms. The monoisotopic (exact) mass is 421 g/mol. The third-order valence-electron chi connectivity index (χ3n) is 4.90. The van der Waals surface area contributed by atoms with Crippen LogP contribution in [-0.4, -0.2) is 20.8 Å². The molecular weight excluding hydrogens is 402 g/mol. The predicted molar refractivity (Wildman–Crippen MR) is 117 cm³/mol. The average molecular weight is 422 g/mol. The molecule has 0 saturated carbocycles. The number of nitrogens with one attached hydrogen (secondary N) is 1. The Morgan fingerprint density at radius 3 is 2.57 bits per heavy atom. The first-order chi connectivity index (χ1) is 14.4. The molecule has 0 aliphatic carbocycles. The molecule has 4 rings (SSSR count). The van der Waals surface area contributed by atoms with Crippen LogP contribution in [0.1, 0.15) is 27.3 Å². The van der Waals surface area contributed by atoms with Gasteiger partial charge in [-0.25, -0.2) is 4.68 Å². The number of para-hydroxylation sites is 1. The number of rotatable bonds is 4. The van der Waals surface area contributed by atoms with Gasteiger partial charge >= 0.3 is 0 Å². The summed E-state index contributed by atoms with van der Waals surface area (Å²) < 4.78 is 6.98. The molecule has 7 nitrogen and oxygen atoms in total. The molecule has 0 fully saturated rings. The number of carbonyl (C=O) groups is 1. The highest BCUT2D eigenvalue weighted by molar-refractivity contribution is 6.31. The molecule has 0 aliphatic heterocycles. The Morgan fingerprint density at radius 1 is 1.13 bits per heavy atom. The molecule has 3 N–H and O–H groups in total. The van der Waals surface area contributed by atoms with E-state index in [1.54, 1.807) is 16.8 Å². The summed E-state index contributed by atoms with van der Waals surface area (Å²) in [5.41, 5.74) is 11.1. The molecule has 0 saturated heterocycles. The third kappa shape index (κ3) is 3.44. The van der Waals surface area contributed by atoms with Gasteiger partial charge in [-0.3, -0.25) is 4.79 Å². The molecule has 0 spiro atoms. The molecular formula is C22H20ClN5O2. The number of hydrogen-bond donors (Lipinski definition) is 2. The smallest absolute Gasteiger partial charge is 0.263 e. The summed E-state index contributed by atoms with van der Waals surface area (Å²) in [6.45, 7) is 5.66. The van der Waals surface area contributed by atoms with Gasteiger partial charge in [0.1, 0.15) is 11.3 Å². The number of nitrogens with zero attached hydrogens (tertiary/aromatic N) is 3. The van der Waals surface area contributed by atoms with Crippen molar-refractivity contribution in [1.29, 1.82) is 0 Å². The number of anilines is 2. The molecule has 0 radical (unpaired) electrons. The number of aryl methyl sites for hydroxylation is 2. The van der Waals surface area contributed by atoms with Crippen molar-refractivity contribution in [1.82, 2.24) is 14.9 Å². The maximum atomic E-state index is 13.0. The average Bonchev–Trinajstić information content (AvgIpc) is 3.24. The molecule has 0 aliphatic rings. The Labute approximate surface area is 178 Å². The Morgan fingerprint density at radius 2 is 1.87 bits per heavy atom. The van der Waals surface area contributed by atoms with Crippen LogP contribution in [0, 0.1) is 20.8 Å². The van der Waals surface area contributed by atoms with Crippen molar-refractivity contribution >= 4 is 29.1 Å². The van der Waals surface area contributed by atoms with Crippen LogP contribution in [0.15, 0.2) is 53.1 Å². The zero-order valence-electron chi connectivity index (χ0n) is 16.7. The van der Waals surface area contributed by atoms with Gasteiger partial charge in [0.15, 0.2) is 0 Å². The SMILES string of the molecule is Cc1ccc(NC(=O)c2c(-c3c(C)nn(-c4ccccc4)c3C)noc2N)cc1Cl. The van der Waals surface area contributed by atoms with E-state index in [0.717, 1.165) is 16.9 Å². The minimum atomic E-state index is -0.435. The van der Waals surface area contributed by atoms with Gasteiger partial charge in [0.25, 0.3) is 5.91 Å². The van der Waals surface area contributed by atoms with Crippen LogP contribution in [0.4, 0.5) is 11.6 Å². The van der Waals surface area contributed by atoms with Gasteiger partial charge < -0.3 is 15.6 Å². The second kappa shape index (κ2) is 7.68. The number of aromatic nitrogens is 3. The highest BCUT2D eigenvalue weighted by Crippen LogP contribution is 2.33. The Balaban J connectivity index is 1.75. The summed E-state index contributed by atoms with van der Waals surface area (Å²) in [5.74, 6) is -0.498. The molecule has 0 atom stereocenters. The Hall–Kier alpha value is -3.58. The standard InChI is InChI=1S/C22H20ClN5O2/c1-12-9-10-15(11-17(12)23)25-22(29)19-20(27-30-21(19)24)18-13(2)26-28(14(18)3)16-7-5-4-6-8-16/h4-11H,24H2,1-3H3,(H,25,29). The second-order valence-electron chi connectivity index (χ2n) is 6.98. The summed E-state index contributed by atoms with van der Waals surface area (Å²) in [4.78, 5) is 13.0. The van der Waals surface area contributed by atoms with Crippen molar-refractivity contribution in [2.24, 2.45) is 0 Å². The number of halogens is 1. The summed E-state index contributed by atoms with van der Waals surface area (Å²) in [5, 5.41) is 12.1. The van der Waals surface area contributed by atoms with E-state index in [1.165, 1.54) is 0 Å². The number of nitrogens with two attached hydrogens (primary N) is 1. The van der Waals surface area contributed by atoms with E-state index in [2.05, 4.69) is 15.6 Å². The van der Waals surface area contributed by atoms with Crippen LogP contribution in [0.25, 0.3) is 16.9 Å². The van der Waals surface area contributed by atoms with E-state index in [4.69, 9.17) is 21.9 Å². The minimum absolute atomic E-state index is 0.0630. The van der Waals surface area contributed by atoms with Crippen LogP contribution in [0.5, 0.6) is 0 Å². The van der Waals surface area contributed by atoms with Crippen LogP contribution < -0.4 is 11.1 Å². The zero-order valence-corrected chi connectivity index (χ0v) is 17.5. The van der Waals surface area contributed by atoms with Gasteiger partial charge in [0.05, 0.1) is 17.1 Å². The predicted octanol–water partition coefficient (Wildman–Crippen LogP) is 4.94. The Bertz CT molecular complexity index is 1240. The highest BCUT2D eigenvalue weighted by Gasteiger charge is 2.27. The van der Waals surface area contributed by atoms with Crippen molar-refractivity contribution in [3.8, 4) is 16.9 Å². The lowest BCUT2D eigenvalue weighted by Crippen LogP contribution is -2.14. The lowest BCUT2D eigenvalue weighted by atomic mass is 10.0. The fraction of sp³-hybridized carbons (Fsp3) is 0.136. The lowest BCUT2D eigenvalue weighted by Gasteiger charge is -2.08. The minimum Gasteiger partial charge on any atom is -0.367 e. The molecule has 0 bridgehead atoms. The van der Waals surface area contributed by atoms with Gasteiger partial charge in [-0.05, 0) is 50.6 Å². The van der Waals surface area contributed by atoms with E-state index < -0.39 is 5.91 Å². The van der Waals surface area contributed by atoms with Crippen molar-refractivity contribution in [3.63, 3.8) is 0 Å². The summed E-state index contributed by atoms with van der Waals surface area (Å²) in [6.07, 6.45) is 0. The van der Waals surface area contributed by atoms with Crippen LogP contribution >= 0.6 is 11.6 Å². The van der Waals surface area contributed by atoms with Crippen molar-refractivity contribution in [3.05, 3.63) is 76.1 Å². The van der Waals surface area contributed by atoms with Crippen LogP contribution in [0.2, 0.25) is 5.02 Å². The van der Waals surface area contributed by atoms with Crippen molar-refractivity contribution in [2.75, 3.05) is 11.1 Å². The van der Waals surface area contributed by atoms with Crippen LogP contribution in [0.3, 0.4) is 0 Å². The molecule has 2 aromatic carbocycles. The number of hydrogen-bond acceptors (Lipinski definition) is 5. The second-order valence-corrected chi connectivity index (χ2v) is 7.39. The molecule has 4 aromatic rings. The molecule has 1 amide bonds. The summed E-state index contributed by atoms with van der Waals surface area (Å²) >= 11 is 6.17. The van der Waals surface area contributed by atoms with E-state index >= 15 is 0 Å². The van der Waals surface area contributed by atoms with E-state index in [-0.39, 0.29) is 11.4 Å². The molecule has 152 valence electrons. The van der Waals surface area contributed by atoms with E-state index in [9.17, 15) is 4.79 Å². The fourth-order valence-corrected chi connectivity index (χ4v) is 3.54. The number of nitrogen functional groups attached to an aromatic ring is 1. The molecule has 2 heterocycles. The number of carbonyl (C=O) groups excluding carboxylic acids is 1. The largest absolute Gasteiger partial charge is 0.367 e. The summed E-state index contributed by atoms with van der Waals surface area (Å²) in [6, 6.07) is 15.0. The lowest BCUT2D eigenvalue weighted by molar-refractivity contribution is 0.102. The van der Waals surface area contributed by atoms with E-state index in [0.29, 0.717) is 27.7 Å². The first-order valence-corrected chi connectivity index (χ1v) is 9.69. The van der Waals surface area contributed by atoms with Gasteiger partial charge in [0, 0.05) is 16.3 Å². The normalized spacial score (nSPS) is 10.9. The van der Waals surface area contributed by atoms with Gasteiger partial charge in [0.2, 0.25) is 5.88 Å². The molecule has 2 aromatic heterocycles. The molecule has 0 unspecified atom stereocenters. The van der Waals surface area contributed by atoms with Crippen LogP contribution in [-0.2, 0) is 0 Å². The zero-order chi connectivity index (χ0) is 21.4. The number of amides is 1. The molecule has 30 heavy (non-hydrogen) atoms. The van der Waals surface area contributed by atoms with Gasteiger partial charge in [-0.2, -0.15) is 5.10 Å². The van der Waals surface area contributed by atoms with Gasteiger partial charge in [-0.15, -0.1) is 0 Å². The van der Waals surface area contributed by atoms with Gasteiger partial charge in [-0.1, -0.05) is 41.0 Å². The van der Waals surface area contributed by atoms with Crippen molar-refractivity contribution in [2.45, 2.75) is 20.8 Å². The Kier molecular flexibility index (Phi) is 5.05. The number of benzene rings is 2. The maximum Gasteiger partial charge on any atom is 0.263 e. The fourth-order valence-electron chi connectivity index (χ4n) is 3.36. The first kappa shape index (κ1) is 19.7. The maximum absolute atomic E-state index is 13.0. The topological polar surface area (TPSA) is 99.0 Å². The van der Waals surface area contributed by atoms with Crippen molar-refractivity contribution < 1.29 is 9.32 Å². The quantitative estimate of drug-likeness (QED) is 0.486. The highest BCUT2D eigenvalue weighted by atomic mass is 35.5. The summed E-state index contributed by atoms with van der Waals surface area (Å²) in [7, 11) is 0.